The first-order valence-corrected chi connectivity index (χ1v) is 8.15. The van der Waals surface area contributed by atoms with Crippen molar-refractivity contribution < 1.29 is 23.8 Å². The Bertz CT molecular complexity index is 702. The number of ether oxygens (including phenoxy) is 3. The molecule has 25 heavy (non-hydrogen) atoms. The number of esters is 2. The predicted octanol–water partition coefficient (Wildman–Crippen LogP) is 2.22. The van der Waals surface area contributed by atoms with Gasteiger partial charge in [0.2, 0.25) is 0 Å². The predicted molar refractivity (Wildman–Crippen MR) is 88.5 cm³/mol. The van der Waals surface area contributed by atoms with Crippen molar-refractivity contribution in [2.24, 2.45) is 0 Å². The number of benzene rings is 1. The molecule has 0 saturated carbocycles. The molecule has 3 rings (SSSR count). The molecule has 0 bridgehead atoms. The molecule has 1 fully saturated rings. The van der Waals surface area contributed by atoms with E-state index in [2.05, 4.69) is 4.98 Å². The molecule has 1 aromatic heterocycles. The first kappa shape index (κ1) is 17.1. The van der Waals surface area contributed by atoms with Crippen LogP contribution in [0.2, 0.25) is 0 Å². The van der Waals surface area contributed by atoms with Gasteiger partial charge in [-0.15, -0.1) is 0 Å². The normalized spacial score (nSPS) is 20.6. The van der Waals surface area contributed by atoms with Crippen LogP contribution in [0.5, 0.6) is 0 Å². The molecule has 6 heteroatoms. The SMILES string of the molecule is CCOC(=O)C1(C(=O)OCC)O[C@]1(c1ccccc1)c1ccccn1. The number of carbonyl (C=O) groups is 2. The number of epoxide rings is 1. The number of carbonyl (C=O) groups excluding carboxylic acids is 2. The molecule has 0 amide bonds. The molecule has 0 spiro atoms. The molecule has 2 aromatic rings. The maximum absolute atomic E-state index is 12.7. The van der Waals surface area contributed by atoms with Crippen molar-refractivity contribution in [3.8, 4) is 0 Å². The third-order valence-corrected chi connectivity index (χ3v) is 4.09. The minimum Gasteiger partial charge on any atom is -0.463 e. The van der Waals surface area contributed by atoms with Crippen molar-refractivity contribution in [3.05, 3.63) is 66.0 Å². The van der Waals surface area contributed by atoms with E-state index in [-0.39, 0.29) is 13.2 Å². The Morgan fingerprint density at radius 2 is 1.56 bits per heavy atom. The minimum atomic E-state index is -1.89. The van der Waals surface area contributed by atoms with Gasteiger partial charge in [-0.3, -0.25) is 4.98 Å². The van der Waals surface area contributed by atoms with Gasteiger partial charge in [0.25, 0.3) is 0 Å². The number of rotatable bonds is 6. The fourth-order valence-corrected chi connectivity index (χ4v) is 3.01. The second kappa shape index (κ2) is 6.64. The Kier molecular flexibility index (Phi) is 4.55. The lowest BCUT2D eigenvalue weighted by atomic mass is 9.83. The van der Waals surface area contributed by atoms with Crippen LogP contribution in [-0.2, 0) is 29.4 Å². The zero-order valence-corrected chi connectivity index (χ0v) is 14.1. The van der Waals surface area contributed by atoms with E-state index < -0.39 is 23.1 Å². The minimum absolute atomic E-state index is 0.121. The second-order valence-electron chi connectivity index (χ2n) is 5.49. The molecule has 1 aliphatic heterocycles. The third-order valence-electron chi connectivity index (χ3n) is 4.09. The molecule has 6 nitrogen and oxygen atoms in total. The molecule has 1 aliphatic rings. The number of pyridine rings is 1. The zero-order chi connectivity index (χ0) is 17.9. The molecular weight excluding hydrogens is 322 g/mol. The summed E-state index contributed by atoms with van der Waals surface area (Å²) in [5.74, 6) is -1.55. The molecule has 130 valence electrons. The summed E-state index contributed by atoms with van der Waals surface area (Å²) >= 11 is 0. The van der Waals surface area contributed by atoms with Crippen LogP contribution in [0.25, 0.3) is 0 Å². The van der Waals surface area contributed by atoms with Gasteiger partial charge in [-0.05, 0) is 31.5 Å². The van der Waals surface area contributed by atoms with Crippen LogP contribution in [0, 0.1) is 0 Å². The lowest BCUT2D eigenvalue weighted by Crippen LogP contribution is -2.44. The van der Waals surface area contributed by atoms with Gasteiger partial charge in [0.05, 0.1) is 18.9 Å². The van der Waals surface area contributed by atoms with E-state index in [0.29, 0.717) is 11.3 Å². The van der Waals surface area contributed by atoms with E-state index in [1.807, 2.05) is 18.2 Å². The molecule has 1 aromatic carbocycles. The largest absolute Gasteiger partial charge is 0.463 e. The first-order valence-electron chi connectivity index (χ1n) is 8.15. The summed E-state index contributed by atoms with van der Waals surface area (Å²) in [5, 5.41) is 0. The van der Waals surface area contributed by atoms with E-state index in [4.69, 9.17) is 14.2 Å². The van der Waals surface area contributed by atoms with Gasteiger partial charge >= 0.3 is 17.5 Å². The van der Waals surface area contributed by atoms with Crippen molar-refractivity contribution in [3.63, 3.8) is 0 Å². The van der Waals surface area contributed by atoms with Gasteiger partial charge < -0.3 is 14.2 Å². The van der Waals surface area contributed by atoms with Crippen molar-refractivity contribution in [1.82, 2.24) is 4.98 Å². The quantitative estimate of drug-likeness (QED) is 0.455. The highest BCUT2D eigenvalue weighted by molar-refractivity contribution is 6.09. The highest BCUT2D eigenvalue weighted by atomic mass is 16.7. The van der Waals surface area contributed by atoms with Gasteiger partial charge in [0.15, 0.2) is 5.60 Å². The Morgan fingerprint density at radius 3 is 2.08 bits per heavy atom. The van der Waals surface area contributed by atoms with E-state index in [0.717, 1.165) is 0 Å². The standard InChI is InChI=1S/C19H19NO5/c1-3-23-16(21)19(17(22)24-4-2)18(25-19,14-10-6-5-7-11-14)15-12-8-9-13-20-15/h5-13H,3-4H2,1-2H3/t18-/m1/s1. The first-order chi connectivity index (χ1) is 12.1. The van der Waals surface area contributed by atoms with Crippen LogP contribution >= 0.6 is 0 Å². The van der Waals surface area contributed by atoms with Gasteiger partial charge in [0, 0.05) is 6.20 Å². The van der Waals surface area contributed by atoms with Crippen LogP contribution < -0.4 is 0 Å². The average molecular weight is 341 g/mol. The summed E-state index contributed by atoms with van der Waals surface area (Å²) in [7, 11) is 0. The fraction of sp³-hybridized carbons (Fsp3) is 0.316. The maximum Gasteiger partial charge on any atom is 0.354 e. The summed E-state index contributed by atoms with van der Waals surface area (Å²) in [6.07, 6.45) is 1.59. The Hall–Kier alpha value is -2.73. The number of aromatic nitrogens is 1. The van der Waals surface area contributed by atoms with E-state index in [9.17, 15) is 9.59 Å². The maximum atomic E-state index is 12.7. The van der Waals surface area contributed by atoms with E-state index in [1.165, 1.54) is 0 Å². The Morgan fingerprint density at radius 1 is 0.960 bits per heavy atom. The summed E-state index contributed by atoms with van der Waals surface area (Å²) in [5.41, 5.74) is -2.18. The van der Waals surface area contributed by atoms with Gasteiger partial charge in [0.1, 0.15) is 0 Å². The lowest BCUT2D eigenvalue weighted by Gasteiger charge is -2.18. The highest BCUT2D eigenvalue weighted by Crippen LogP contribution is 2.60. The topological polar surface area (TPSA) is 78.0 Å². The average Bonchev–Trinajstić information content (AvgIpc) is 3.37. The summed E-state index contributed by atoms with van der Waals surface area (Å²) in [6, 6.07) is 14.3. The monoisotopic (exact) mass is 341 g/mol. The summed E-state index contributed by atoms with van der Waals surface area (Å²) in [4.78, 5) is 29.8. The van der Waals surface area contributed by atoms with Crippen LogP contribution in [0.15, 0.2) is 54.7 Å². The van der Waals surface area contributed by atoms with Crippen LogP contribution in [0.1, 0.15) is 25.1 Å². The van der Waals surface area contributed by atoms with Crippen molar-refractivity contribution in [2.45, 2.75) is 25.0 Å². The molecule has 0 N–H and O–H groups in total. The van der Waals surface area contributed by atoms with Gasteiger partial charge in [-0.1, -0.05) is 36.4 Å². The van der Waals surface area contributed by atoms with Crippen molar-refractivity contribution in [2.75, 3.05) is 13.2 Å². The van der Waals surface area contributed by atoms with E-state index >= 15 is 0 Å². The number of nitrogens with zero attached hydrogens (tertiary/aromatic N) is 1. The third kappa shape index (κ3) is 2.49. The van der Waals surface area contributed by atoms with Gasteiger partial charge in [-0.25, -0.2) is 9.59 Å². The smallest absolute Gasteiger partial charge is 0.354 e. The van der Waals surface area contributed by atoms with Gasteiger partial charge in [-0.2, -0.15) is 0 Å². The Labute approximate surface area is 145 Å². The van der Waals surface area contributed by atoms with Crippen LogP contribution in [0.4, 0.5) is 0 Å². The molecular formula is C19H19NO5. The highest BCUT2D eigenvalue weighted by Gasteiger charge is 2.84. The molecule has 0 unspecified atom stereocenters. The fourth-order valence-electron chi connectivity index (χ4n) is 3.01. The summed E-state index contributed by atoms with van der Waals surface area (Å²) < 4.78 is 16.2. The molecule has 2 heterocycles. The number of hydrogen-bond donors (Lipinski definition) is 0. The second-order valence-corrected chi connectivity index (χ2v) is 5.49. The lowest BCUT2D eigenvalue weighted by molar-refractivity contribution is -0.163. The molecule has 1 atom stereocenters. The summed E-state index contributed by atoms with van der Waals surface area (Å²) in [6.45, 7) is 3.58. The van der Waals surface area contributed by atoms with Crippen molar-refractivity contribution in [1.29, 1.82) is 0 Å². The van der Waals surface area contributed by atoms with E-state index in [1.54, 1.807) is 50.4 Å². The van der Waals surface area contributed by atoms with Crippen LogP contribution in [-0.4, -0.2) is 35.7 Å². The zero-order valence-electron chi connectivity index (χ0n) is 14.1. The van der Waals surface area contributed by atoms with Crippen LogP contribution in [0.3, 0.4) is 0 Å². The molecule has 1 saturated heterocycles. The Balaban J connectivity index is 2.19. The molecule has 0 aliphatic carbocycles. The van der Waals surface area contributed by atoms with Crippen molar-refractivity contribution >= 4 is 11.9 Å². The molecule has 0 radical (unpaired) electrons. The number of hydrogen-bond acceptors (Lipinski definition) is 6.